The molecule has 166 valence electrons. The number of aryl methyl sites for hydroxylation is 1. The number of carbonyl (C=O) groups is 1. The van der Waals surface area contributed by atoms with E-state index in [0.717, 1.165) is 16.9 Å². The first-order valence-corrected chi connectivity index (χ1v) is 11.0. The fraction of sp³-hybridized carbons (Fsp3) is 0.192. The maximum absolute atomic E-state index is 14.1. The molecule has 6 nitrogen and oxygen atoms in total. The van der Waals surface area contributed by atoms with E-state index in [4.69, 9.17) is 0 Å². The van der Waals surface area contributed by atoms with Gasteiger partial charge >= 0.3 is 0 Å². The van der Waals surface area contributed by atoms with Gasteiger partial charge in [0.2, 0.25) is 0 Å². The number of para-hydroxylation sites is 1. The molecule has 1 aromatic heterocycles. The third-order valence-electron chi connectivity index (χ3n) is 6.02. The highest BCUT2D eigenvalue weighted by molar-refractivity contribution is 5.94. The zero-order valence-corrected chi connectivity index (χ0v) is 18.4. The van der Waals surface area contributed by atoms with Gasteiger partial charge in [-0.3, -0.25) is 4.79 Å². The normalized spacial score (nSPS) is 13.9. The number of carbonyl (C=O) groups excluding carboxylic acids is 1. The summed E-state index contributed by atoms with van der Waals surface area (Å²) in [5.74, 6) is -0.252. The molecule has 0 bridgehead atoms. The van der Waals surface area contributed by atoms with Crippen molar-refractivity contribution in [3.05, 3.63) is 95.9 Å². The summed E-state index contributed by atoms with van der Waals surface area (Å²) in [5, 5.41) is 8.30. The summed E-state index contributed by atoms with van der Waals surface area (Å²) < 4.78 is 15.8. The van der Waals surface area contributed by atoms with E-state index in [1.165, 1.54) is 11.6 Å². The second kappa shape index (κ2) is 8.86. The SMILES string of the molecule is Cc1ccc(-c2cnnn2-c2ccc(C(=O)N3CCN(c4ccccc4F)CC3)cc2)cc1. The monoisotopic (exact) mass is 441 g/mol. The highest BCUT2D eigenvalue weighted by Crippen LogP contribution is 2.23. The standard InChI is InChI=1S/C26H24FN5O/c1-19-6-8-20(9-7-19)25-18-28-29-32(25)22-12-10-21(11-13-22)26(33)31-16-14-30(15-17-31)24-5-3-2-4-23(24)27/h2-13,18H,14-17H2,1H3. The summed E-state index contributed by atoms with van der Waals surface area (Å²) in [6, 6.07) is 22.4. The minimum atomic E-state index is -0.231. The quantitative estimate of drug-likeness (QED) is 0.473. The highest BCUT2D eigenvalue weighted by atomic mass is 19.1. The van der Waals surface area contributed by atoms with Crippen LogP contribution in [0.25, 0.3) is 16.9 Å². The molecular formula is C26H24FN5O. The number of anilines is 1. The van der Waals surface area contributed by atoms with Gasteiger partial charge in [0.1, 0.15) is 5.82 Å². The second-order valence-corrected chi connectivity index (χ2v) is 8.17. The predicted octanol–water partition coefficient (Wildman–Crippen LogP) is 4.34. The third-order valence-corrected chi connectivity index (χ3v) is 6.02. The van der Waals surface area contributed by atoms with E-state index in [1.54, 1.807) is 23.0 Å². The van der Waals surface area contributed by atoms with Crippen LogP contribution >= 0.6 is 0 Å². The first-order valence-electron chi connectivity index (χ1n) is 11.0. The maximum atomic E-state index is 14.1. The summed E-state index contributed by atoms with van der Waals surface area (Å²) in [7, 11) is 0. The average molecular weight is 442 g/mol. The molecule has 0 atom stereocenters. The van der Waals surface area contributed by atoms with Gasteiger partial charge in [-0.15, -0.1) is 5.10 Å². The molecule has 1 saturated heterocycles. The summed E-state index contributed by atoms with van der Waals surface area (Å²) >= 11 is 0. The Morgan fingerprint density at radius 3 is 2.27 bits per heavy atom. The molecular weight excluding hydrogens is 417 g/mol. The van der Waals surface area contributed by atoms with E-state index in [9.17, 15) is 9.18 Å². The Hall–Kier alpha value is -4.00. The van der Waals surface area contributed by atoms with Crippen LogP contribution in [0, 0.1) is 12.7 Å². The van der Waals surface area contributed by atoms with Crippen molar-refractivity contribution >= 4 is 11.6 Å². The molecule has 1 amide bonds. The van der Waals surface area contributed by atoms with Crippen molar-refractivity contribution in [3.63, 3.8) is 0 Å². The fourth-order valence-corrected chi connectivity index (χ4v) is 4.13. The Morgan fingerprint density at radius 1 is 0.879 bits per heavy atom. The van der Waals surface area contributed by atoms with Gasteiger partial charge in [-0.05, 0) is 43.3 Å². The Bertz CT molecular complexity index is 1260. The first-order chi connectivity index (χ1) is 16.1. The number of hydrogen-bond donors (Lipinski definition) is 0. The van der Waals surface area contributed by atoms with Gasteiger partial charge in [0, 0.05) is 37.3 Å². The van der Waals surface area contributed by atoms with E-state index < -0.39 is 0 Å². The molecule has 0 unspecified atom stereocenters. The summed E-state index contributed by atoms with van der Waals surface area (Å²) in [4.78, 5) is 16.8. The van der Waals surface area contributed by atoms with Gasteiger partial charge in [0.05, 0.1) is 23.3 Å². The van der Waals surface area contributed by atoms with Gasteiger partial charge in [-0.25, -0.2) is 9.07 Å². The van der Waals surface area contributed by atoms with E-state index in [1.807, 2.05) is 52.3 Å². The van der Waals surface area contributed by atoms with Crippen molar-refractivity contribution in [2.75, 3.05) is 31.1 Å². The molecule has 3 aromatic carbocycles. The Morgan fingerprint density at radius 2 is 1.58 bits per heavy atom. The second-order valence-electron chi connectivity index (χ2n) is 8.17. The van der Waals surface area contributed by atoms with Crippen molar-refractivity contribution in [1.29, 1.82) is 0 Å². The van der Waals surface area contributed by atoms with Crippen LogP contribution in [0.1, 0.15) is 15.9 Å². The Kier molecular flexibility index (Phi) is 5.60. The van der Waals surface area contributed by atoms with E-state index in [-0.39, 0.29) is 11.7 Å². The number of piperazine rings is 1. The number of rotatable bonds is 4. The lowest BCUT2D eigenvalue weighted by Crippen LogP contribution is -2.49. The zero-order chi connectivity index (χ0) is 22.8. The van der Waals surface area contributed by atoms with Gasteiger partial charge in [0.25, 0.3) is 5.91 Å². The van der Waals surface area contributed by atoms with E-state index in [2.05, 4.69) is 29.4 Å². The maximum Gasteiger partial charge on any atom is 0.253 e. The van der Waals surface area contributed by atoms with E-state index >= 15 is 0 Å². The number of hydrogen-bond acceptors (Lipinski definition) is 4. The van der Waals surface area contributed by atoms with Gasteiger partial charge in [-0.1, -0.05) is 47.2 Å². The largest absolute Gasteiger partial charge is 0.366 e. The Balaban J connectivity index is 1.28. The molecule has 1 fully saturated rings. The molecule has 0 saturated carbocycles. The van der Waals surface area contributed by atoms with E-state index in [0.29, 0.717) is 37.4 Å². The van der Waals surface area contributed by atoms with Gasteiger partial charge in [0.15, 0.2) is 0 Å². The summed E-state index contributed by atoms with van der Waals surface area (Å²) in [6.07, 6.45) is 1.73. The molecule has 33 heavy (non-hydrogen) atoms. The molecule has 1 aliphatic rings. The third kappa shape index (κ3) is 4.22. The average Bonchev–Trinajstić information content (AvgIpc) is 3.35. The lowest BCUT2D eigenvalue weighted by molar-refractivity contribution is 0.0746. The molecule has 4 aromatic rings. The minimum absolute atomic E-state index is 0.0212. The van der Waals surface area contributed by atoms with Crippen molar-refractivity contribution in [2.24, 2.45) is 0 Å². The Labute approximate surface area is 191 Å². The minimum Gasteiger partial charge on any atom is -0.366 e. The summed E-state index contributed by atoms with van der Waals surface area (Å²) in [6.45, 7) is 4.35. The first kappa shape index (κ1) is 20.9. The number of halogens is 1. The van der Waals surface area contributed by atoms with Crippen LogP contribution in [-0.2, 0) is 0 Å². The van der Waals surface area contributed by atoms with Gasteiger partial charge < -0.3 is 9.80 Å². The van der Waals surface area contributed by atoms with Gasteiger partial charge in [-0.2, -0.15) is 0 Å². The van der Waals surface area contributed by atoms with Crippen LogP contribution in [0.5, 0.6) is 0 Å². The molecule has 1 aliphatic heterocycles. The molecule has 2 heterocycles. The van der Waals surface area contributed by atoms with Crippen LogP contribution in [0.4, 0.5) is 10.1 Å². The van der Waals surface area contributed by atoms with Crippen LogP contribution in [0.15, 0.2) is 79.0 Å². The fourth-order valence-electron chi connectivity index (χ4n) is 4.13. The molecule has 0 aliphatic carbocycles. The molecule has 0 spiro atoms. The zero-order valence-electron chi connectivity index (χ0n) is 18.4. The number of amides is 1. The van der Waals surface area contributed by atoms with Crippen molar-refractivity contribution in [2.45, 2.75) is 6.92 Å². The topological polar surface area (TPSA) is 54.3 Å². The van der Waals surface area contributed by atoms with Crippen LogP contribution in [0.2, 0.25) is 0 Å². The number of benzene rings is 3. The number of aromatic nitrogens is 3. The lowest BCUT2D eigenvalue weighted by atomic mass is 10.1. The summed E-state index contributed by atoms with van der Waals surface area (Å²) in [5.41, 5.74) is 5.15. The molecule has 0 N–H and O–H groups in total. The molecule has 7 heteroatoms. The van der Waals surface area contributed by atoms with Crippen LogP contribution in [0.3, 0.4) is 0 Å². The van der Waals surface area contributed by atoms with Crippen molar-refractivity contribution in [1.82, 2.24) is 19.9 Å². The van der Waals surface area contributed by atoms with Crippen LogP contribution < -0.4 is 4.90 Å². The van der Waals surface area contributed by atoms with Crippen molar-refractivity contribution < 1.29 is 9.18 Å². The van der Waals surface area contributed by atoms with Crippen molar-refractivity contribution in [3.8, 4) is 16.9 Å². The number of nitrogens with zero attached hydrogens (tertiary/aromatic N) is 5. The van der Waals surface area contributed by atoms with Crippen LogP contribution in [-0.4, -0.2) is 52.0 Å². The predicted molar refractivity (Wildman–Crippen MR) is 126 cm³/mol. The lowest BCUT2D eigenvalue weighted by Gasteiger charge is -2.36. The smallest absolute Gasteiger partial charge is 0.253 e. The highest BCUT2D eigenvalue weighted by Gasteiger charge is 2.23. The molecule has 0 radical (unpaired) electrons. The molecule has 5 rings (SSSR count).